The molecule has 0 amide bonds. The molecule has 4 aromatic rings. The standard InChI is InChI=1S/C20H14N2O7S2.Mn/c23-18-8-6-12-3-1-2-4-16(12)20(18)22-21-17-10-14-9-15(30(24,25)26)7-5-13(14)11-19(17)31(27,28)29;/h1-11,23H,(H,24,25,26)(H,27,28,29);/q;+2/p-2. The molecule has 0 aliphatic rings. The largest absolute Gasteiger partial charge is 2.00 e. The summed E-state index contributed by atoms with van der Waals surface area (Å²) in [5.41, 5.74) is -0.363. The summed E-state index contributed by atoms with van der Waals surface area (Å²) in [5.74, 6) is -0.448. The van der Waals surface area contributed by atoms with Crippen molar-refractivity contribution < 1.29 is 48.1 Å². The Morgan fingerprint density at radius 3 is 2.16 bits per heavy atom. The fourth-order valence-electron chi connectivity index (χ4n) is 3.13. The van der Waals surface area contributed by atoms with Crippen LogP contribution < -0.4 is 5.11 Å². The molecule has 4 rings (SSSR count). The van der Waals surface area contributed by atoms with Gasteiger partial charge in [0.25, 0.3) is 10.1 Å². The fourth-order valence-corrected chi connectivity index (χ4v) is 4.27. The van der Waals surface area contributed by atoms with E-state index in [4.69, 9.17) is 0 Å². The van der Waals surface area contributed by atoms with Gasteiger partial charge in [0.05, 0.1) is 10.6 Å². The third-order valence-electron chi connectivity index (χ3n) is 4.58. The molecule has 0 unspecified atom stereocenters. The van der Waals surface area contributed by atoms with Crippen LogP contribution in [0.3, 0.4) is 0 Å². The Bertz CT molecular complexity index is 1600. The fraction of sp³-hybridized carbons (Fsp3) is 0. The van der Waals surface area contributed by atoms with Crippen LogP contribution in [-0.2, 0) is 37.3 Å². The zero-order valence-electron chi connectivity index (χ0n) is 15.8. The summed E-state index contributed by atoms with van der Waals surface area (Å²) in [4.78, 5) is -1.10. The molecule has 1 radical (unpaired) electrons. The first-order valence-electron chi connectivity index (χ1n) is 8.66. The Kier molecular flexibility index (Phi) is 6.38. The maximum absolute atomic E-state index is 12.3. The molecule has 1 N–H and O–H groups in total. The maximum Gasteiger partial charge on any atom is 2.00 e. The van der Waals surface area contributed by atoms with Gasteiger partial charge in [-0.15, -0.1) is 5.11 Å². The molecule has 12 heteroatoms. The van der Waals surface area contributed by atoms with Crippen molar-refractivity contribution in [2.24, 2.45) is 10.2 Å². The van der Waals surface area contributed by atoms with Gasteiger partial charge in [-0.2, -0.15) is 13.5 Å². The molecule has 9 nitrogen and oxygen atoms in total. The van der Waals surface area contributed by atoms with Gasteiger partial charge in [-0.3, -0.25) is 4.55 Å². The van der Waals surface area contributed by atoms with Crippen molar-refractivity contribution in [1.82, 2.24) is 0 Å². The molecule has 0 aliphatic heterocycles. The van der Waals surface area contributed by atoms with Gasteiger partial charge in [-0.05, 0) is 40.4 Å². The zero-order chi connectivity index (χ0) is 22.4. The topological polar surface area (TPSA) is 159 Å². The first-order chi connectivity index (χ1) is 14.5. The van der Waals surface area contributed by atoms with E-state index in [0.717, 1.165) is 29.7 Å². The molecule has 0 heterocycles. The van der Waals surface area contributed by atoms with Gasteiger partial charge in [0.1, 0.15) is 20.7 Å². The molecule has 0 saturated carbocycles. The van der Waals surface area contributed by atoms with Gasteiger partial charge in [-0.1, -0.05) is 48.2 Å². The van der Waals surface area contributed by atoms with Crippen LogP contribution in [0.5, 0.6) is 5.75 Å². The summed E-state index contributed by atoms with van der Waals surface area (Å²) in [7, 11) is -9.48. The molecule has 0 bridgehead atoms. The number of hydrogen-bond acceptors (Lipinski definition) is 8. The minimum Gasteiger partial charge on any atom is -0.871 e. The molecule has 0 fully saturated rings. The van der Waals surface area contributed by atoms with Gasteiger partial charge < -0.3 is 9.66 Å². The van der Waals surface area contributed by atoms with Crippen molar-refractivity contribution in [3.8, 4) is 5.75 Å². The SMILES string of the molecule is O=S(=O)([O-])c1ccc2cc(S(=O)(=O)O)c(N=Nc3c([O-])ccc4ccccc34)cc2c1.[Mn+2]. The van der Waals surface area contributed by atoms with Crippen LogP contribution in [-0.4, -0.2) is 25.9 Å². The van der Waals surface area contributed by atoms with Crippen LogP contribution in [0.2, 0.25) is 0 Å². The van der Waals surface area contributed by atoms with Crippen LogP contribution in [0.25, 0.3) is 21.5 Å². The number of nitrogens with zero attached hydrogens (tertiary/aromatic N) is 2. The second kappa shape index (κ2) is 8.58. The third kappa shape index (κ3) is 4.65. The van der Waals surface area contributed by atoms with Crippen molar-refractivity contribution in [3.05, 3.63) is 66.7 Å². The number of hydrogen-bond donors (Lipinski definition) is 1. The Balaban J connectivity index is 0.00000289. The van der Waals surface area contributed by atoms with Gasteiger partial charge in [0.15, 0.2) is 0 Å². The van der Waals surface area contributed by atoms with E-state index in [2.05, 4.69) is 10.2 Å². The Labute approximate surface area is 193 Å². The number of fused-ring (bicyclic) bond motifs is 2. The first-order valence-corrected chi connectivity index (χ1v) is 11.5. The predicted molar refractivity (Wildman–Crippen MR) is 109 cm³/mol. The molecule has 0 saturated heterocycles. The Hall–Kier alpha value is -2.86. The number of azo groups is 1. The van der Waals surface area contributed by atoms with E-state index in [1.54, 1.807) is 30.3 Å². The first kappa shape index (κ1) is 23.8. The summed E-state index contributed by atoms with van der Waals surface area (Å²) in [6.45, 7) is 0. The minimum atomic E-state index is -4.74. The van der Waals surface area contributed by atoms with Gasteiger partial charge >= 0.3 is 17.1 Å². The van der Waals surface area contributed by atoms with Crippen LogP contribution in [0.15, 0.2) is 86.7 Å². The molecule has 0 aromatic heterocycles. The Morgan fingerprint density at radius 2 is 1.47 bits per heavy atom. The van der Waals surface area contributed by atoms with Gasteiger partial charge in [-0.25, -0.2) is 8.42 Å². The molecular weight excluding hydrogens is 499 g/mol. The van der Waals surface area contributed by atoms with Crippen LogP contribution in [0.1, 0.15) is 0 Å². The molecule has 163 valence electrons. The quantitative estimate of drug-likeness (QED) is 0.249. The van der Waals surface area contributed by atoms with E-state index in [-0.39, 0.29) is 39.2 Å². The van der Waals surface area contributed by atoms with Crippen molar-refractivity contribution in [1.29, 1.82) is 0 Å². The molecule has 4 aromatic carbocycles. The summed E-state index contributed by atoms with van der Waals surface area (Å²) in [5, 5.41) is 21.7. The van der Waals surface area contributed by atoms with Crippen molar-refractivity contribution in [3.63, 3.8) is 0 Å². The summed E-state index contributed by atoms with van der Waals surface area (Å²) < 4.78 is 67.2. The van der Waals surface area contributed by atoms with E-state index in [1.165, 1.54) is 12.1 Å². The number of benzene rings is 4. The molecule has 0 spiro atoms. The van der Waals surface area contributed by atoms with E-state index >= 15 is 0 Å². The van der Waals surface area contributed by atoms with Gasteiger partial charge in [0, 0.05) is 5.39 Å². The van der Waals surface area contributed by atoms with Crippen molar-refractivity contribution >= 4 is 53.2 Å². The second-order valence-electron chi connectivity index (χ2n) is 6.59. The molecule has 0 aliphatic carbocycles. The van der Waals surface area contributed by atoms with E-state index in [1.807, 2.05) is 0 Å². The summed E-state index contributed by atoms with van der Waals surface area (Å²) >= 11 is 0. The van der Waals surface area contributed by atoms with Crippen molar-refractivity contribution in [2.75, 3.05) is 0 Å². The third-order valence-corrected chi connectivity index (χ3v) is 6.29. The zero-order valence-corrected chi connectivity index (χ0v) is 18.6. The average Bonchev–Trinajstić information content (AvgIpc) is 2.70. The smallest absolute Gasteiger partial charge is 0.871 e. The predicted octanol–water partition coefficient (Wildman–Crippen LogP) is 3.63. The summed E-state index contributed by atoms with van der Waals surface area (Å²) in [6, 6.07) is 15.3. The summed E-state index contributed by atoms with van der Waals surface area (Å²) in [6.07, 6.45) is 0. The monoisotopic (exact) mass is 511 g/mol. The normalized spacial score (nSPS) is 12.3. The second-order valence-corrected chi connectivity index (χ2v) is 9.36. The van der Waals surface area contributed by atoms with Crippen LogP contribution >= 0.6 is 0 Å². The maximum atomic E-state index is 12.3. The van der Waals surface area contributed by atoms with Gasteiger partial charge in [0.2, 0.25) is 0 Å². The van der Waals surface area contributed by atoms with E-state index in [9.17, 15) is 31.0 Å². The van der Waals surface area contributed by atoms with E-state index in [0.29, 0.717) is 5.39 Å². The minimum absolute atomic E-state index is 0. The molecular formula is C20H12MnN2O7S2. The number of rotatable bonds is 4. The van der Waals surface area contributed by atoms with E-state index < -0.39 is 35.8 Å². The average molecular weight is 511 g/mol. The molecule has 0 atom stereocenters. The Morgan fingerprint density at radius 1 is 0.781 bits per heavy atom. The van der Waals surface area contributed by atoms with Crippen LogP contribution in [0.4, 0.5) is 11.4 Å². The van der Waals surface area contributed by atoms with Crippen molar-refractivity contribution in [2.45, 2.75) is 9.79 Å². The molecule has 32 heavy (non-hydrogen) atoms. The van der Waals surface area contributed by atoms with Crippen LogP contribution in [0, 0.1) is 0 Å².